The Morgan fingerprint density at radius 3 is 1.33 bits per heavy atom. The molecule has 0 aliphatic carbocycles. The minimum atomic E-state index is -0.307. The Labute approximate surface area is 151 Å². The summed E-state index contributed by atoms with van der Waals surface area (Å²) in [7, 11) is 0. The van der Waals surface area contributed by atoms with E-state index in [1.165, 1.54) is 89.9 Å². The molecule has 24 heavy (non-hydrogen) atoms. The molecule has 0 atom stereocenters. The molecule has 0 bridgehead atoms. The molecule has 1 aliphatic rings. The SMILES string of the molecule is CC1(C)CCCCCCCCCCCCCCCCCCOC1=O. The van der Waals surface area contributed by atoms with Crippen LogP contribution in [-0.4, -0.2) is 12.6 Å². The fourth-order valence-corrected chi connectivity index (χ4v) is 3.61. The third-order valence-electron chi connectivity index (χ3n) is 5.48. The Hall–Kier alpha value is -0.530. The molecule has 0 aromatic rings. The predicted octanol–water partition coefficient (Wildman–Crippen LogP) is 7.20. The minimum Gasteiger partial charge on any atom is -0.465 e. The van der Waals surface area contributed by atoms with Crippen molar-refractivity contribution in [3.05, 3.63) is 0 Å². The smallest absolute Gasteiger partial charge is 0.311 e. The number of cyclic esters (lactones) is 1. The number of hydrogen-bond acceptors (Lipinski definition) is 2. The zero-order chi connectivity index (χ0) is 17.5. The lowest BCUT2D eigenvalue weighted by atomic mass is 9.87. The quantitative estimate of drug-likeness (QED) is 0.436. The molecule has 1 aliphatic heterocycles. The summed E-state index contributed by atoms with van der Waals surface area (Å²) in [5.74, 6) is 0.00777. The molecule has 1 fully saturated rings. The number of hydrogen-bond donors (Lipinski definition) is 0. The lowest BCUT2D eigenvalue weighted by Crippen LogP contribution is -2.27. The Morgan fingerprint density at radius 2 is 0.917 bits per heavy atom. The van der Waals surface area contributed by atoms with Crippen LogP contribution >= 0.6 is 0 Å². The van der Waals surface area contributed by atoms with Crippen molar-refractivity contribution >= 4 is 5.97 Å². The first-order valence-corrected chi connectivity index (χ1v) is 10.8. The molecular formula is C22H42O2. The van der Waals surface area contributed by atoms with Gasteiger partial charge < -0.3 is 4.74 Å². The molecule has 2 nitrogen and oxygen atoms in total. The van der Waals surface area contributed by atoms with E-state index in [1.54, 1.807) is 0 Å². The maximum Gasteiger partial charge on any atom is 0.311 e. The molecule has 0 radical (unpaired) electrons. The van der Waals surface area contributed by atoms with Gasteiger partial charge in [0.1, 0.15) is 0 Å². The normalized spacial score (nSPS) is 24.5. The highest BCUT2D eigenvalue weighted by Crippen LogP contribution is 2.26. The van der Waals surface area contributed by atoms with Crippen molar-refractivity contribution in [2.45, 2.75) is 123 Å². The van der Waals surface area contributed by atoms with Gasteiger partial charge in [-0.3, -0.25) is 4.79 Å². The van der Waals surface area contributed by atoms with E-state index in [1.807, 2.05) is 13.8 Å². The van der Waals surface area contributed by atoms with Gasteiger partial charge in [-0.1, -0.05) is 96.3 Å². The van der Waals surface area contributed by atoms with Crippen molar-refractivity contribution in [1.29, 1.82) is 0 Å². The second kappa shape index (κ2) is 13.7. The van der Waals surface area contributed by atoms with E-state index in [0.717, 1.165) is 19.3 Å². The minimum absolute atomic E-state index is 0.00777. The van der Waals surface area contributed by atoms with Crippen LogP contribution in [0, 0.1) is 5.41 Å². The maximum atomic E-state index is 12.2. The van der Waals surface area contributed by atoms with Crippen LogP contribution in [-0.2, 0) is 9.53 Å². The van der Waals surface area contributed by atoms with Gasteiger partial charge in [0, 0.05) is 0 Å². The topological polar surface area (TPSA) is 26.3 Å². The highest BCUT2D eigenvalue weighted by molar-refractivity contribution is 5.75. The third-order valence-corrected chi connectivity index (χ3v) is 5.48. The zero-order valence-corrected chi connectivity index (χ0v) is 16.5. The number of rotatable bonds is 0. The second-order valence-corrected chi connectivity index (χ2v) is 8.43. The van der Waals surface area contributed by atoms with E-state index in [2.05, 4.69) is 0 Å². The Balaban J connectivity index is 2.27. The van der Waals surface area contributed by atoms with Crippen LogP contribution in [0.25, 0.3) is 0 Å². The average molecular weight is 339 g/mol. The fourth-order valence-electron chi connectivity index (χ4n) is 3.61. The lowest BCUT2D eigenvalue weighted by molar-refractivity contribution is -0.154. The third kappa shape index (κ3) is 11.1. The van der Waals surface area contributed by atoms with Crippen LogP contribution in [0.4, 0.5) is 0 Å². The fraction of sp³-hybridized carbons (Fsp3) is 0.955. The molecule has 1 saturated heterocycles. The first-order valence-electron chi connectivity index (χ1n) is 10.8. The first kappa shape index (κ1) is 21.5. The van der Waals surface area contributed by atoms with E-state index >= 15 is 0 Å². The van der Waals surface area contributed by atoms with Crippen molar-refractivity contribution in [1.82, 2.24) is 0 Å². The van der Waals surface area contributed by atoms with Crippen molar-refractivity contribution in [2.24, 2.45) is 5.41 Å². The highest BCUT2D eigenvalue weighted by atomic mass is 16.5. The number of carbonyl (C=O) groups is 1. The van der Waals surface area contributed by atoms with Gasteiger partial charge >= 0.3 is 5.97 Å². The second-order valence-electron chi connectivity index (χ2n) is 8.43. The van der Waals surface area contributed by atoms with E-state index < -0.39 is 0 Å². The van der Waals surface area contributed by atoms with Gasteiger partial charge in [0.05, 0.1) is 12.0 Å². The maximum absolute atomic E-state index is 12.2. The lowest BCUT2D eigenvalue weighted by Gasteiger charge is -2.22. The van der Waals surface area contributed by atoms with Crippen LogP contribution < -0.4 is 0 Å². The summed E-state index contributed by atoms with van der Waals surface area (Å²) < 4.78 is 5.52. The van der Waals surface area contributed by atoms with E-state index in [0.29, 0.717) is 6.61 Å². The Morgan fingerprint density at radius 1 is 0.583 bits per heavy atom. The molecule has 142 valence electrons. The predicted molar refractivity (Wildman–Crippen MR) is 103 cm³/mol. The van der Waals surface area contributed by atoms with Crippen LogP contribution in [0.3, 0.4) is 0 Å². The van der Waals surface area contributed by atoms with Gasteiger partial charge in [-0.05, 0) is 26.7 Å². The van der Waals surface area contributed by atoms with Crippen LogP contribution in [0.1, 0.15) is 123 Å². The van der Waals surface area contributed by atoms with Gasteiger partial charge in [-0.15, -0.1) is 0 Å². The molecule has 1 rings (SSSR count). The van der Waals surface area contributed by atoms with E-state index in [4.69, 9.17) is 4.74 Å². The summed E-state index contributed by atoms with van der Waals surface area (Å²) >= 11 is 0. The van der Waals surface area contributed by atoms with Gasteiger partial charge in [0.25, 0.3) is 0 Å². The average Bonchev–Trinajstić information content (AvgIpc) is 2.55. The molecule has 0 N–H and O–H groups in total. The summed E-state index contributed by atoms with van der Waals surface area (Å²) in [6.07, 6.45) is 22.3. The molecule has 0 aromatic carbocycles. The Kier molecular flexibility index (Phi) is 12.3. The molecule has 0 unspecified atom stereocenters. The largest absolute Gasteiger partial charge is 0.465 e. The van der Waals surface area contributed by atoms with E-state index in [9.17, 15) is 4.79 Å². The highest BCUT2D eigenvalue weighted by Gasteiger charge is 2.28. The van der Waals surface area contributed by atoms with Gasteiger partial charge in [0.2, 0.25) is 0 Å². The van der Waals surface area contributed by atoms with Crippen molar-refractivity contribution in [3.8, 4) is 0 Å². The van der Waals surface area contributed by atoms with Crippen molar-refractivity contribution in [3.63, 3.8) is 0 Å². The number of carbonyl (C=O) groups excluding carboxylic acids is 1. The molecule has 0 spiro atoms. The number of esters is 1. The standard InChI is InChI=1S/C22H42O2/c1-22(2)19-17-15-13-11-9-7-5-3-4-6-8-10-12-14-16-18-20-24-21(22)23/h3-20H2,1-2H3. The summed E-state index contributed by atoms with van der Waals surface area (Å²) in [5, 5.41) is 0. The summed E-state index contributed by atoms with van der Waals surface area (Å²) in [6, 6.07) is 0. The molecule has 0 amide bonds. The molecule has 2 heteroatoms. The monoisotopic (exact) mass is 338 g/mol. The van der Waals surface area contributed by atoms with Gasteiger partial charge in [0.15, 0.2) is 0 Å². The molecular weight excluding hydrogens is 296 g/mol. The van der Waals surface area contributed by atoms with Crippen molar-refractivity contribution in [2.75, 3.05) is 6.61 Å². The van der Waals surface area contributed by atoms with Crippen molar-refractivity contribution < 1.29 is 9.53 Å². The zero-order valence-electron chi connectivity index (χ0n) is 16.5. The molecule has 0 saturated carbocycles. The van der Waals surface area contributed by atoms with Crippen LogP contribution in [0.2, 0.25) is 0 Å². The summed E-state index contributed by atoms with van der Waals surface area (Å²) in [5.41, 5.74) is -0.307. The molecule has 1 heterocycles. The van der Waals surface area contributed by atoms with Gasteiger partial charge in [-0.25, -0.2) is 0 Å². The van der Waals surface area contributed by atoms with E-state index in [-0.39, 0.29) is 11.4 Å². The number of ether oxygens (including phenoxy) is 1. The summed E-state index contributed by atoms with van der Waals surface area (Å²) in [4.78, 5) is 12.2. The Bertz CT molecular complexity index is 309. The summed E-state index contributed by atoms with van der Waals surface area (Å²) in [6.45, 7) is 4.71. The first-order chi connectivity index (χ1) is 11.6. The van der Waals surface area contributed by atoms with Crippen LogP contribution in [0.15, 0.2) is 0 Å². The van der Waals surface area contributed by atoms with Crippen LogP contribution in [0.5, 0.6) is 0 Å². The molecule has 0 aromatic heterocycles. The van der Waals surface area contributed by atoms with Gasteiger partial charge in [-0.2, -0.15) is 0 Å².